The minimum absolute atomic E-state index is 0.218. The highest BCUT2D eigenvalue weighted by Crippen LogP contribution is 2.30. The number of aromatic nitrogens is 1. The molecule has 1 N–H and O–H groups in total. The van der Waals surface area contributed by atoms with Gasteiger partial charge in [0.2, 0.25) is 0 Å². The van der Waals surface area contributed by atoms with Gasteiger partial charge < -0.3 is 14.6 Å². The first-order valence-corrected chi connectivity index (χ1v) is 8.53. The molecule has 116 valence electrons. The zero-order valence-electron chi connectivity index (χ0n) is 13.1. The second-order valence-electron chi connectivity index (χ2n) is 6.49. The summed E-state index contributed by atoms with van der Waals surface area (Å²) in [4.78, 5) is 6.00. The van der Waals surface area contributed by atoms with Gasteiger partial charge in [0.25, 0.3) is 0 Å². The normalized spacial score (nSPS) is 22.3. The van der Waals surface area contributed by atoms with Gasteiger partial charge in [0.15, 0.2) is 0 Å². The average molecular weight is 296 g/mol. The van der Waals surface area contributed by atoms with E-state index in [4.69, 9.17) is 4.74 Å². The predicted octanol–water partition coefficient (Wildman–Crippen LogP) is 4.17. The molecule has 0 radical (unpaired) electrons. The molecule has 2 aromatic rings. The van der Waals surface area contributed by atoms with Crippen molar-refractivity contribution < 1.29 is 4.74 Å². The molecule has 2 aliphatic rings. The monoisotopic (exact) mass is 296 g/mol. The van der Waals surface area contributed by atoms with E-state index in [1.807, 2.05) is 6.26 Å². The second kappa shape index (κ2) is 6.17. The molecule has 0 saturated carbocycles. The van der Waals surface area contributed by atoms with Crippen LogP contribution >= 0.6 is 0 Å². The number of hydrogen-bond acceptors (Lipinski definition) is 2. The van der Waals surface area contributed by atoms with Crippen molar-refractivity contribution in [2.24, 2.45) is 0 Å². The molecule has 2 aliphatic heterocycles. The Kier molecular flexibility index (Phi) is 3.90. The predicted molar refractivity (Wildman–Crippen MR) is 89.9 cm³/mol. The van der Waals surface area contributed by atoms with Gasteiger partial charge in [-0.25, -0.2) is 0 Å². The average Bonchev–Trinajstić information content (AvgIpc) is 3.23. The molecule has 0 spiro atoms. The van der Waals surface area contributed by atoms with E-state index in [1.54, 1.807) is 0 Å². The molecule has 3 nitrogen and oxygen atoms in total. The van der Waals surface area contributed by atoms with Crippen molar-refractivity contribution in [3.8, 4) is 0 Å². The summed E-state index contributed by atoms with van der Waals surface area (Å²) in [6, 6.07) is 6.73. The Hall–Kier alpha value is -1.74. The minimum atomic E-state index is 0.218. The maximum absolute atomic E-state index is 5.77. The third kappa shape index (κ3) is 2.78. The zero-order chi connectivity index (χ0) is 14.8. The summed E-state index contributed by atoms with van der Waals surface area (Å²) in [6.07, 6.45) is 12.4. The first-order chi connectivity index (χ1) is 10.9. The van der Waals surface area contributed by atoms with E-state index in [0.29, 0.717) is 0 Å². The van der Waals surface area contributed by atoms with Crippen LogP contribution in [0.25, 0.3) is 10.9 Å². The van der Waals surface area contributed by atoms with Gasteiger partial charge in [-0.15, -0.1) is 0 Å². The van der Waals surface area contributed by atoms with Crippen molar-refractivity contribution in [1.29, 1.82) is 0 Å². The number of H-pyrrole nitrogens is 1. The number of hydrogen-bond donors (Lipinski definition) is 1. The maximum atomic E-state index is 5.77. The summed E-state index contributed by atoms with van der Waals surface area (Å²) < 4.78 is 5.77. The van der Waals surface area contributed by atoms with E-state index < -0.39 is 0 Å². The standard InChI is InChI=1S/C19H24N2O/c1-4-12-22-19(5-1)15-6-7-18-17(13-15)16(14-20-18)8-11-21-9-2-3-10-21/h4,6-7,12-14,19-20H,1-3,5,8-11H2. The Morgan fingerprint density at radius 1 is 1.23 bits per heavy atom. The molecule has 1 unspecified atom stereocenters. The summed E-state index contributed by atoms with van der Waals surface area (Å²) >= 11 is 0. The molecular formula is C19H24N2O. The van der Waals surface area contributed by atoms with Crippen LogP contribution in [0.15, 0.2) is 36.7 Å². The molecule has 3 heterocycles. The van der Waals surface area contributed by atoms with E-state index in [1.165, 1.54) is 54.5 Å². The fourth-order valence-corrected chi connectivity index (χ4v) is 3.67. The SMILES string of the molecule is C1=COC(c2ccc3[nH]cc(CCN4CCCC4)c3c2)CC1. The summed E-state index contributed by atoms with van der Waals surface area (Å²) in [5, 5.41) is 1.37. The number of aromatic amines is 1. The lowest BCUT2D eigenvalue weighted by molar-refractivity contribution is 0.125. The van der Waals surface area contributed by atoms with Crippen molar-refractivity contribution in [2.75, 3.05) is 19.6 Å². The zero-order valence-corrected chi connectivity index (χ0v) is 13.1. The third-order valence-corrected chi connectivity index (χ3v) is 4.99. The molecule has 0 bridgehead atoms. The number of benzene rings is 1. The fourth-order valence-electron chi connectivity index (χ4n) is 3.67. The second-order valence-corrected chi connectivity index (χ2v) is 6.49. The topological polar surface area (TPSA) is 28.3 Å². The molecule has 0 amide bonds. The van der Waals surface area contributed by atoms with Crippen molar-refractivity contribution in [3.63, 3.8) is 0 Å². The highest BCUT2D eigenvalue weighted by atomic mass is 16.5. The lowest BCUT2D eigenvalue weighted by atomic mass is 10.00. The lowest BCUT2D eigenvalue weighted by Crippen LogP contribution is -2.21. The molecule has 1 saturated heterocycles. The molecule has 1 fully saturated rings. The Labute approximate surface area is 132 Å². The van der Waals surface area contributed by atoms with Crippen LogP contribution in [0, 0.1) is 0 Å². The number of fused-ring (bicyclic) bond motifs is 1. The van der Waals surface area contributed by atoms with Crippen LogP contribution in [-0.4, -0.2) is 29.5 Å². The largest absolute Gasteiger partial charge is 0.494 e. The summed E-state index contributed by atoms with van der Waals surface area (Å²) in [7, 11) is 0. The van der Waals surface area contributed by atoms with Crippen LogP contribution < -0.4 is 0 Å². The number of ether oxygens (including phenoxy) is 1. The molecule has 22 heavy (non-hydrogen) atoms. The first-order valence-electron chi connectivity index (χ1n) is 8.53. The van der Waals surface area contributed by atoms with Gasteiger partial charge in [0.1, 0.15) is 6.10 Å². The van der Waals surface area contributed by atoms with Gasteiger partial charge in [-0.2, -0.15) is 0 Å². The van der Waals surface area contributed by atoms with Gasteiger partial charge in [-0.1, -0.05) is 6.07 Å². The Bertz CT molecular complexity index is 667. The molecule has 3 heteroatoms. The molecule has 0 aliphatic carbocycles. The van der Waals surface area contributed by atoms with E-state index in [2.05, 4.69) is 40.4 Å². The first kappa shape index (κ1) is 13.9. The number of nitrogens with one attached hydrogen (secondary N) is 1. The molecule has 4 rings (SSSR count). The van der Waals surface area contributed by atoms with Crippen LogP contribution in [0.5, 0.6) is 0 Å². The van der Waals surface area contributed by atoms with Gasteiger partial charge in [-0.3, -0.25) is 0 Å². The number of likely N-dealkylation sites (tertiary alicyclic amines) is 1. The quantitative estimate of drug-likeness (QED) is 0.917. The smallest absolute Gasteiger partial charge is 0.123 e. The van der Waals surface area contributed by atoms with Crippen molar-refractivity contribution >= 4 is 10.9 Å². The summed E-state index contributed by atoms with van der Waals surface area (Å²) in [5.74, 6) is 0. The summed E-state index contributed by atoms with van der Waals surface area (Å²) in [5.41, 5.74) is 3.99. The Morgan fingerprint density at radius 2 is 2.14 bits per heavy atom. The number of nitrogens with zero attached hydrogens (tertiary/aromatic N) is 1. The highest BCUT2D eigenvalue weighted by Gasteiger charge is 2.16. The van der Waals surface area contributed by atoms with Gasteiger partial charge in [-0.05, 0) is 74.5 Å². The van der Waals surface area contributed by atoms with Crippen LogP contribution in [0.1, 0.15) is 42.9 Å². The number of allylic oxidation sites excluding steroid dienone is 1. The fraction of sp³-hybridized carbons (Fsp3) is 0.474. The van der Waals surface area contributed by atoms with Crippen LogP contribution in [0.3, 0.4) is 0 Å². The number of rotatable bonds is 4. The maximum Gasteiger partial charge on any atom is 0.123 e. The Balaban J connectivity index is 1.54. The molecule has 1 aromatic carbocycles. The van der Waals surface area contributed by atoms with Crippen LogP contribution in [-0.2, 0) is 11.2 Å². The van der Waals surface area contributed by atoms with Crippen LogP contribution in [0.2, 0.25) is 0 Å². The van der Waals surface area contributed by atoms with Crippen molar-refractivity contribution in [3.05, 3.63) is 47.9 Å². The van der Waals surface area contributed by atoms with Crippen molar-refractivity contribution in [2.45, 2.75) is 38.2 Å². The van der Waals surface area contributed by atoms with Crippen molar-refractivity contribution in [1.82, 2.24) is 9.88 Å². The minimum Gasteiger partial charge on any atom is -0.494 e. The Morgan fingerprint density at radius 3 is 2.95 bits per heavy atom. The van der Waals surface area contributed by atoms with Crippen LogP contribution in [0.4, 0.5) is 0 Å². The highest BCUT2D eigenvalue weighted by molar-refractivity contribution is 5.84. The van der Waals surface area contributed by atoms with E-state index in [9.17, 15) is 0 Å². The summed E-state index contributed by atoms with van der Waals surface area (Å²) in [6.45, 7) is 3.73. The van der Waals surface area contributed by atoms with Gasteiger partial charge in [0.05, 0.1) is 6.26 Å². The van der Waals surface area contributed by atoms with Gasteiger partial charge in [0, 0.05) is 23.6 Å². The van der Waals surface area contributed by atoms with E-state index in [0.717, 1.165) is 19.3 Å². The van der Waals surface area contributed by atoms with E-state index >= 15 is 0 Å². The molecule has 1 atom stereocenters. The molecule has 1 aromatic heterocycles. The van der Waals surface area contributed by atoms with Gasteiger partial charge >= 0.3 is 0 Å². The lowest BCUT2D eigenvalue weighted by Gasteiger charge is -2.20. The molecular weight excluding hydrogens is 272 g/mol. The third-order valence-electron chi connectivity index (χ3n) is 4.99. The van der Waals surface area contributed by atoms with E-state index in [-0.39, 0.29) is 6.10 Å².